The Kier molecular flexibility index (Phi) is 25.6. The van der Waals surface area contributed by atoms with Gasteiger partial charge in [0.1, 0.15) is 24.5 Å². The van der Waals surface area contributed by atoms with Crippen molar-refractivity contribution in [2.45, 2.75) is 94.3 Å². The second-order valence-corrected chi connectivity index (χ2v) is 17.1. The number of rotatable bonds is 38. The molecule has 6 atom stereocenters. The van der Waals surface area contributed by atoms with Crippen molar-refractivity contribution >= 4 is 35.5 Å². The molecule has 0 spiro atoms. The van der Waals surface area contributed by atoms with E-state index < -0.39 is 85.4 Å². The molecule has 0 bridgehead atoms. The summed E-state index contributed by atoms with van der Waals surface area (Å²) in [5.41, 5.74) is 1.91. The van der Waals surface area contributed by atoms with Crippen LogP contribution in [0.2, 0.25) is 0 Å². The number of nitrogens with one attached hydrogen (secondary N) is 4. The van der Waals surface area contributed by atoms with Gasteiger partial charge < -0.3 is 74.6 Å². The minimum atomic E-state index is -2.48. The zero-order valence-electron chi connectivity index (χ0n) is 41.4. The molecule has 2 aromatic heterocycles. The molecule has 1 saturated heterocycles. The second-order valence-electron chi connectivity index (χ2n) is 17.1. The lowest BCUT2D eigenvalue weighted by Gasteiger charge is -2.46. The number of carboxylic acid groups (broad SMARTS) is 1. The molecule has 2 aliphatic rings. The summed E-state index contributed by atoms with van der Waals surface area (Å²) in [6.45, 7) is 2.50. The fourth-order valence-electron chi connectivity index (χ4n) is 7.53. The molecule has 0 saturated carbocycles. The van der Waals surface area contributed by atoms with Gasteiger partial charge in [-0.1, -0.05) is 42.3 Å². The van der Waals surface area contributed by atoms with Crippen LogP contribution in [0.1, 0.15) is 49.8 Å². The van der Waals surface area contributed by atoms with Crippen molar-refractivity contribution in [3.63, 3.8) is 0 Å². The standard InChI is InChI=1S/C46H67N11O18/c58-29-38(63)49-41-34(59)26-46(45(67)68,75-43(41)42(66)35(60)27-48-37(62)25-31-5-7-32(8-6-31)44-51-53-54-52-44)74-16-4-2-1-3-15-73-30-33-28-56(55-50-33)14-18-70-20-22-72-24-23-71-21-19-69-17-11-36(61)47-12-13-57-39(64)9-10-40(57)65/h5-10,28,34-35,41-43,58-60,66H,1-4,11-27,29-30H2,(H,47,61)(H,48,62)(H,49,63)(H,67,68)(H,51,52,53,54)/t34-,35+,41+,42+,43+,46+/m0/s1. The molecule has 4 heterocycles. The fourth-order valence-corrected chi connectivity index (χ4v) is 7.53. The number of benzene rings is 1. The summed E-state index contributed by atoms with van der Waals surface area (Å²) >= 11 is 0. The van der Waals surface area contributed by atoms with Crippen LogP contribution in [0.15, 0.2) is 42.6 Å². The molecule has 0 radical (unpaired) electrons. The normalized spacial score (nSPS) is 19.3. The van der Waals surface area contributed by atoms with Gasteiger partial charge in [-0.05, 0) is 23.6 Å². The Morgan fingerprint density at radius 2 is 1.47 bits per heavy atom. The topological polar surface area (TPSA) is 393 Å². The van der Waals surface area contributed by atoms with Crippen molar-refractivity contribution < 1.29 is 87.5 Å². The van der Waals surface area contributed by atoms with Crippen LogP contribution in [0.4, 0.5) is 0 Å². The molecule has 1 aromatic carbocycles. The Hall–Kier alpha value is -6.25. The van der Waals surface area contributed by atoms with Crippen LogP contribution in [-0.2, 0) is 81.5 Å². The molecule has 5 amide bonds. The maximum atomic E-state index is 12.7. The van der Waals surface area contributed by atoms with E-state index in [0.717, 1.165) is 4.90 Å². The van der Waals surface area contributed by atoms with Crippen molar-refractivity contribution in [2.24, 2.45) is 0 Å². The van der Waals surface area contributed by atoms with E-state index in [1.54, 1.807) is 35.1 Å². The average Bonchev–Trinajstić information content (AvgIpc) is 4.18. The predicted octanol–water partition coefficient (Wildman–Crippen LogP) is -3.46. The number of aromatic amines is 1. The van der Waals surface area contributed by atoms with Gasteiger partial charge in [0.25, 0.3) is 17.6 Å². The Labute approximate surface area is 430 Å². The molecule has 3 aromatic rings. The molecule has 5 rings (SSSR count). The minimum absolute atomic E-state index is 0.0958. The first-order chi connectivity index (χ1) is 36.3. The van der Waals surface area contributed by atoms with Gasteiger partial charge in [-0.2, -0.15) is 5.21 Å². The van der Waals surface area contributed by atoms with Crippen molar-refractivity contribution in [1.82, 2.24) is 56.5 Å². The lowest BCUT2D eigenvalue weighted by Crippen LogP contribution is -2.68. The number of aliphatic hydroxyl groups excluding tert-OH is 4. The van der Waals surface area contributed by atoms with Crippen LogP contribution in [0.3, 0.4) is 0 Å². The Morgan fingerprint density at radius 1 is 0.800 bits per heavy atom. The van der Waals surface area contributed by atoms with Crippen LogP contribution >= 0.6 is 0 Å². The zero-order chi connectivity index (χ0) is 53.8. The third-order valence-electron chi connectivity index (χ3n) is 11.5. The Bertz CT molecular complexity index is 2240. The van der Waals surface area contributed by atoms with Crippen molar-refractivity contribution in [3.05, 3.63) is 53.9 Å². The number of hydrogen-bond acceptors (Lipinski definition) is 22. The number of carbonyl (C=O) groups excluding carboxylic acids is 5. The van der Waals surface area contributed by atoms with Gasteiger partial charge in [0, 0.05) is 56.8 Å². The molecule has 75 heavy (non-hydrogen) atoms. The van der Waals surface area contributed by atoms with E-state index in [-0.39, 0.29) is 51.7 Å². The third-order valence-corrected chi connectivity index (χ3v) is 11.5. The highest BCUT2D eigenvalue weighted by Gasteiger charge is 2.55. The van der Waals surface area contributed by atoms with E-state index in [1.807, 2.05) is 0 Å². The van der Waals surface area contributed by atoms with Crippen molar-refractivity contribution in [3.8, 4) is 11.4 Å². The summed E-state index contributed by atoms with van der Waals surface area (Å²) in [5, 5.41) is 82.1. The highest BCUT2D eigenvalue weighted by atomic mass is 16.7. The molecule has 29 nitrogen and oxygen atoms in total. The first-order valence-corrected chi connectivity index (χ1v) is 24.5. The summed E-state index contributed by atoms with van der Waals surface area (Å²) in [5.74, 6) is -6.24. The highest BCUT2D eigenvalue weighted by molar-refractivity contribution is 6.12. The first kappa shape index (κ1) is 59.6. The quantitative estimate of drug-likeness (QED) is 0.0199. The number of imide groups is 1. The number of aliphatic hydroxyl groups is 4. The number of carboxylic acids is 1. The van der Waals surface area contributed by atoms with Crippen LogP contribution in [0.5, 0.6) is 0 Å². The summed E-state index contributed by atoms with van der Waals surface area (Å²) in [6.07, 6.45) is -1.26. The van der Waals surface area contributed by atoms with Crippen LogP contribution in [-0.4, -0.2) is 230 Å². The van der Waals surface area contributed by atoms with E-state index >= 15 is 0 Å². The Balaban J connectivity index is 0.874. The molecule has 1 fully saturated rings. The average molecular weight is 1060 g/mol. The largest absolute Gasteiger partial charge is 0.477 e. The van der Waals surface area contributed by atoms with Gasteiger partial charge in [-0.25, -0.2) is 9.48 Å². The van der Waals surface area contributed by atoms with E-state index in [0.29, 0.717) is 108 Å². The highest BCUT2D eigenvalue weighted by Crippen LogP contribution is 2.34. The molecule has 414 valence electrons. The number of ether oxygens (including phenoxy) is 7. The van der Waals surface area contributed by atoms with Gasteiger partial charge >= 0.3 is 5.97 Å². The van der Waals surface area contributed by atoms with Gasteiger partial charge in [0.05, 0.1) is 103 Å². The smallest absolute Gasteiger partial charge is 0.364 e. The molecular formula is C46H67N11O18. The summed E-state index contributed by atoms with van der Waals surface area (Å²) in [4.78, 5) is 73.5. The van der Waals surface area contributed by atoms with Crippen LogP contribution in [0.25, 0.3) is 11.4 Å². The van der Waals surface area contributed by atoms with E-state index in [9.17, 15) is 54.3 Å². The van der Waals surface area contributed by atoms with Crippen LogP contribution < -0.4 is 16.0 Å². The van der Waals surface area contributed by atoms with E-state index in [2.05, 4.69) is 46.9 Å². The molecular weight excluding hydrogens is 995 g/mol. The van der Waals surface area contributed by atoms with E-state index in [4.69, 9.17) is 33.2 Å². The molecule has 9 N–H and O–H groups in total. The molecule has 0 unspecified atom stereocenters. The third kappa shape index (κ3) is 20.4. The van der Waals surface area contributed by atoms with Gasteiger partial charge in [0.2, 0.25) is 23.5 Å². The number of unbranched alkanes of at least 4 members (excludes halogenated alkanes) is 3. The zero-order valence-corrected chi connectivity index (χ0v) is 41.4. The van der Waals surface area contributed by atoms with Crippen molar-refractivity contribution in [2.75, 3.05) is 92.3 Å². The lowest BCUT2D eigenvalue weighted by molar-refractivity contribution is -0.310. The number of carbonyl (C=O) groups is 6. The number of nitrogens with zero attached hydrogens (tertiary/aromatic N) is 7. The number of tetrazole rings is 1. The van der Waals surface area contributed by atoms with Gasteiger partial charge in [-0.15, -0.1) is 15.3 Å². The Morgan fingerprint density at radius 3 is 2.12 bits per heavy atom. The summed E-state index contributed by atoms with van der Waals surface area (Å²) < 4.78 is 40.8. The van der Waals surface area contributed by atoms with E-state index in [1.165, 1.54) is 12.2 Å². The van der Waals surface area contributed by atoms with Gasteiger partial charge in [-0.3, -0.25) is 28.9 Å². The maximum Gasteiger partial charge on any atom is 0.364 e. The minimum Gasteiger partial charge on any atom is -0.477 e. The molecule has 2 aliphatic heterocycles. The van der Waals surface area contributed by atoms with Crippen LogP contribution in [0, 0.1) is 0 Å². The number of amides is 5. The lowest BCUT2D eigenvalue weighted by atomic mass is 9.88. The molecule has 29 heteroatoms. The molecule has 0 aliphatic carbocycles. The summed E-state index contributed by atoms with van der Waals surface area (Å²) in [7, 11) is 0. The monoisotopic (exact) mass is 1060 g/mol. The first-order valence-electron chi connectivity index (χ1n) is 24.5. The second kappa shape index (κ2) is 32.2. The SMILES string of the molecule is O=C(CCOCCOCCOCCOCCn1cc(COCCCCCCO[C@]2(C(=O)O)C[C@H](O)[C@@H](NC(=O)CO)[C@H]([C@H](O)[C@H](O)CNC(=O)Cc3ccc(-c4nn[nH]n4)cc3)O2)nn1)NCCN1C(=O)C=CC1=O. The number of hydrogen-bond donors (Lipinski definition) is 9. The number of H-pyrrole nitrogens is 1. The van der Waals surface area contributed by atoms with Crippen molar-refractivity contribution in [1.29, 1.82) is 0 Å². The van der Waals surface area contributed by atoms with Gasteiger partial charge in [0.15, 0.2) is 0 Å². The number of aromatic nitrogens is 7. The summed E-state index contributed by atoms with van der Waals surface area (Å²) in [6, 6.07) is 5.27. The predicted molar refractivity (Wildman–Crippen MR) is 254 cm³/mol. The fraction of sp³-hybridized carbons (Fsp3) is 0.630. The number of aliphatic carboxylic acids is 1. The maximum absolute atomic E-state index is 12.7.